The molecule has 7 heteroatoms. The van der Waals surface area contributed by atoms with Crippen LogP contribution in [0.5, 0.6) is 11.5 Å². The molecule has 0 saturated carbocycles. The smallest absolute Gasteiger partial charge is 0.339 e. The van der Waals surface area contributed by atoms with E-state index < -0.39 is 16.2 Å². The summed E-state index contributed by atoms with van der Waals surface area (Å²) in [6.07, 6.45) is -0.871. The van der Waals surface area contributed by atoms with Crippen molar-refractivity contribution in [1.82, 2.24) is 0 Å². The number of methoxy groups -OCH3 is 1. The average molecular weight is 447 g/mol. The second-order valence-corrected chi connectivity index (χ2v) is 8.56. The van der Waals surface area contributed by atoms with Crippen LogP contribution in [-0.4, -0.2) is 20.6 Å². The molecule has 1 aliphatic carbocycles. The van der Waals surface area contributed by atoms with Crippen molar-refractivity contribution in [2.45, 2.75) is 11.0 Å². The maximum Gasteiger partial charge on any atom is 0.339 e. The van der Waals surface area contributed by atoms with Crippen LogP contribution in [0.4, 0.5) is 0 Å². The number of hydrogen-bond acceptors (Lipinski definition) is 5. The monoisotopic (exact) mass is 446 g/mol. The van der Waals surface area contributed by atoms with Crippen molar-refractivity contribution in [3.8, 4) is 22.6 Å². The lowest BCUT2D eigenvalue weighted by atomic mass is 10.1. The van der Waals surface area contributed by atoms with E-state index >= 15 is 0 Å². The molecule has 0 heterocycles. The molecule has 3 aromatic carbocycles. The molecule has 0 spiro atoms. The fourth-order valence-electron chi connectivity index (χ4n) is 3.15. The van der Waals surface area contributed by atoms with Gasteiger partial charge in [0.25, 0.3) is 0 Å². The summed E-state index contributed by atoms with van der Waals surface area (Å²) in [6, 6.07) is 16.6. The van der Waals surface area contributed by atoms with Gasteiger partial charge in [-0.2, -0.15) is 8.42 Å². The van der Waals surface area contributed by atoms with Gasteiger partial charge in [-0.3, -0.25) is 0 Å². The number of halogens is 1. The third-order valence-corrected chi connectivity index (χ3v) is 6.26. The minimum Gasteiger partial charge on any atom is -0.497 e. The summed E-state index contributed by atoms with van der Waals surface area (Å²) in [6.45, 7) is 0. The van der Waals surface area contributed by atoms with Gasteiger partial charge in [0.2, 0.25) is 0 Å². The van der Waals surface area contributed by atoms with E-state index in [2.05, 4.69) is 15.9 Å². The van der Waals surface area contributed by atoms with Crippen molar-refractivity contribution in [3.63, 3.8) is 0 Å². The number of benzene rings is 3. The molecule has 1 unspecified atom stereocenters. The Balaban J connectivity index is 1.68. The summed E-state index contributed by atoms with van der Waals surface area (Å²) in [5, 5.41) is 10.7. The molecule has 0 aromatic heterocycles. The van der Waals surface area contributed by atoms with Gasteiger partial charge in [0.15, 0.2) is 0 Å². The number of rotatable bonds is 4. The molecule has 0 amide bonds. The van der Waals surface area contributed by atoms with Crippen molar-refractivity contribution in [2.75, 3.05) is 7.11 Å². The summed E-state index contributed by atoms with van der Waals surface area (Å²) in [5.74, 6) is 0.797. The van der Waals surface area contributed by atoms with Gasteiger partial charge < -0.3 is 14.0 Å². The standard InChI is InChI=1S/C20H15BrO5S/c1-25-13-4-8-16-17-9-5-14(11-19(17)20(22)18(16)10-13)26-27(23,24)15-6-2-12(21)3-7-15/h2-11,20,22H,1H3. The molecule has 5 nitrogen and oxygen atoms in total. The van der Waals surface area contributed by atoms with Crippen molar-refractivity contribution in [3.05, 3.63) is 76.3 Å². The third kappa shape index (κ3) is 3.22. The molecule has 138 valence electrons. The summed E-state index contributed by atoms with van der Waals surface area (Å²) in [4.78, 5) is 0.0553. The van der Waals surface area contributed by atoms with Gasteiger partial charge in [0.1, 0.15) is 22.5 Å². The maximum atomic E-state index is 12.5. The van der Waals surface area contributed by atoms with E-state index in [0.717, 1.165) is 21.2 Å². The zero-order valence-electron chi connectivity index (χ0n) is 14.2. The first-order valence-corrected chi connectivity index (χ1v) is 10.3. The highest BCUT2D eigenvalue weighted by atomic mass is 79.9. The van der Waals surface area contributed by atoms with E-state index in [4.69, 9.17) is 8.92 Å². The fourth-order valence-corrected chi connectivity index (χ4v) is 4.33. The zero-order valence-corrected chi connectivity index (χ0v) is 16.6. The molecule has 0 aliphatic heterocycles. The lowest BCUT2D eigenvalue weighted by Gasteiger charge is -2.10. The predicted octanol–water partition coefficient (Wildman–Crippen LogP) is 4.29. The Morgan fingerprint density at radius 1 is 0.889 bits per heavy atom. The largest absolute Gasteiger partial charge is 0.497 e. The fraction of sp³-hybridized carbons (Fsp3) is 0.100. The molecule has 0 fully saturated rings. The van der Waals surface area contributed by atoms with Gasteiger partial charge in [-0.15, -0.1) is 0 Å². The summed E-state index contributed by atoms with van der Waals surface area (Å²) < 4.78 is 36.2. The van der Waals surface area contributed by atoms with Gasteiger partial charge >= 0.3 is 10.1 Å². The molecule has 0 bridgehead atoms. The Morgan fingerprint density at radius 3 is 2.04 bits per heavy atom. The number of aliphatic hydroxyl groups excluding tert-OH is 1. The van der Waals surface area contributed by atoms with E-state index in [1.54, 1.807) is 43.5 Å². The number of ether oxygens (including phenoxy) is 1. The molecular formula is C20H15BrO5S. The van der Waals surface area contributed by atoms with Gasteiger partial charge in [-0.1, -0.05) is 28.1 Å². The topological polar surface area (TPSA) is 72.8 Å². The molecule has 1 atom stereocenters. The summed E-state index contributed by atoms with van der Waals surface area (Å²) in [5.41, 5.74) is 3.05. The molecule has 0 radical (unpaired) electrons. The van der Waals surface area contributed by atoms with Crippen molar-refractivity contribution in [2.24, 2.45) is 0 Å². The highest BCUT2D eigenvalue weighted by Crippen LogP contribution is 2.46. The van der Waals surface area contributed by atoms with Crippen LogP contribution in [0.25, 0.3) is 11.1 Å². The number of aliphatic hydroxyl groups is 1. The predicted molar refractivity (Wildman–Crippen MR) is 104 cm³/mol. The molecule has 0 saturated heterocycles. The van der Waals surface area contributed by atoms with Crippen LogP contribution in [0.3, 0.4) is 0 Å². The van der Waals surface area contributed by atoms with Crippen LogP contribution in [0.2, 0.25) is 0 Å². The van der Waals surface area contributed by atoms with Crippen molar-refractivity contribution >= 4 is 26.0 Å². The second kappa shape index (κ2) is 6.67. The first-order chi connectivity index (χ1) is 12.9. The Labute approximate surface area is 165 Å². The normalized spacial score (nSPS) is 15.1. The van der Waals surface area contributed by atoms with E-state index in [-0.39, 0.29) is 10.6 Å². The Morgan fingerprint density at radius 2 is 1.44 bits per heavy atom. The minimum absolute atomic E-state index is 0.0553. The molecule has 3 aromatic rings. The maximum absolute atomic E-state index is 12.5. The summed E-state index contributed by atoms with van der Waals surface area (Å²) in [7, 11) is -2.40. The number of fused-ring (bicyclic) bond motifs is 3. The van der Waals surface area contributed by atoms with E-state index in [0.29, 0.717) is 11.3 Å². The first-order valence-electron chi connectivity index (χ1n) is 8.09. The van der Waals surface area contributed by atoms with Crippen molar-refractivity contribution in [1.29, 1.82) is 0 Å². The van der Waals surface area contributed by atoms with Gasteiger partial charge in [0, 0.05) is 4.47 Å². The van der Waals surface area contributed by atoms with Crippen LogP contribution < -0.4 is 8.92 Å². The van der Waals surface area contributed by atoms with E-state index in [1.165, 1.54) is 12.1 Å². The van der Waals surface area contributed by atoms with Gasteiger partial charge in [-0.05, 0) is 70.8 Å². The first kappa shape index (κ1) is 18.0. The molecular weight excluding hydrogens is 432 g/mol. The van der Waals surface area contributed by atoms with Crippen LogP contribution in [0.1, 0.15) is 17.2 Å². The Hall–Kier alpha value is -2.35. The van der Waals surface area contributed by atoms with E-state index in [9.17, 15) is 13.5 Å². The van der Waals surface area contributed by atoms with Crippen LogP contribution in [0.15, 0.2) is 70.0 Å². The number of hydrogen-bond donors (Lipinski definition) is 1. The molecule has 4 rings (SSSR count). The Kier molecular flexibility index (Phi) is 4.46. The van der Waals surface area contributed by atoms with Gasteiger partial charge in [0.05, 0.1) is 7.11 Å². The molecule has 27 heavy (non-hydrogen) atoms. The van der Waals surface area contributed by atoms with E-state index in [1.807, 2.05) is 12.1 Å². The van der Waals surface area contributed by atoms with Gasteiger partial charge in [-0.25, -0.2) is 0 Å². The second-order valence-electron chi connectivity index (χ2n) is 6.10. The highest BCUT2D eigenvalue weighted by molar-refractivity contribution is 9.10. The minimum atomic E-state index is -3.97. The van der Waals surface area contributed by atoms with Crippen LogP contribution in [0, 0.1) is 0 Å². The van der Waals surface area contributed by atoms with Crippen LogP contribution >= 0.6 is 15.9 Å². The lowest BCUT2D eigenvalue weighted by molar-refractivity contribution is 0.224. The Bertz CT molecular complexity index is 1120. The third-order valence-electron chi connectivity index (χ3n) is 4.47. The quantitative estimate of drug-likeness (QED) is 0.605. The molecule has 1 N–H and O–H groups in total. The lowest BCUT2D eigenvalue weighted by Crippen LogP contribution is -2.10. The van der Waals surface area contributed by atoms with Crippen molar-refractivity contribution < 1.29 is 22.4 Å². The summed E-state index contributed by atoms with van der Waals surface area (Å²) >= 11 is 3.27. The SMILES string of the molecule is COc1ccc2c(c1)C(O)c1cc(OS(=O)(=O)c3ccc(Br)cc3)ccc1-2. The zero-order chi connectivity index (χ0) is 19.2. The molecule has 1 aliphatic rings. The average Bonchev–Trinajstić information content (AvgIpc) is 2.93. The van der Waals surface area contributed by atoms with Crippen LogP contribution in [-0.2, 0) is 10.1 Å². The highest BCUT2D eigenvalue weighted by Gasteiger charge is 2.28.